The van der Waals surface area contributed by atoms with Crippen LogP contribution in [0.15, 0.2) is 9.59 Å². The summed E-state index contributed by atoms with van der Waals surface area (Å²) in [5.74, 6) is -1.22. The highest BCUT2D eigenvalue weighted by molar-refractivity contribution is 5.71. The Labute approximate surface area is 116 Å². The maximum Gasteiger partial charge on any atom is 0.449 e. The van der Waals surface area contributed by atoms with E-state index in [1.54, 1.807) is 0 Å². The second-order valence-electron chi connectivity index (χ2n) is 4.61. The van der Waals surface area contributed by atoms with Gasteiger partial charge in [0, 0.05) is 20.6 Å². The molecule has 0 bridgehead atoms. The van der Waals surface area contributed by atoms with E-state index in [1.807, 2.05) is 0 Å². The van der Waals surface area contributed by atoms with Crippen LogP contribution in [0.1, 0.15) is 12.2 Å². The zero-order valence-electron chi connectivity index (χ0n) is 11.4. The summed E-state index contributed by atoms with van der Waals surface area (Å²) in [6.45, 7) is 0.303. The Kier molecular flexibility index (Phi) is 3.66. The van der Waals surface area contributed by atoms with Crippen molar-refractivity contribution >= 4 is 11.2 Å². The number of nitrogens with zero attached hydrogens (tertiary/aromatic N) is 4. The Morgan fingerprint density at radius 3 is 2.33 bits per heavy atom. The minimum atomic E-state index is -4.71. The van der Waals surface area contributed by atoms with Gasteiger partial charge in [0.15, 0.2) is 11.2 Å². The average Bonchev–Trinajstić information content (AvgIpc) is 2.74. The zero-order valence-corrected chi connectivity index (χ0v) is 11.4. The van der Waals surface area contributed by atoms with Gasteiger partial charge in [-0.15, -0.1) is 0 Å². The SMILES string of the molecule is Cn1c(C(F)(F)F)nc2c1c(=O)n(CCCN)c(=O)n2C. The fraction of sp³-hybridized carbons (Fsp3) is 0.545. The summed E-state index contributed by atoms with van der Waals surface area (Å²) in [5, 5.41) is 0. The molecule has 0 saturated carbocycles. The molecule has 0 aliphatic rings. The summed E-state index contributed by atoms with van der Waals surface area (Å²) in [6.07, 6.45) is -4.34. The van der Waals surface area contributed by atoms with Crippen LogP contribution in [0.5, 0.6) is 0 Å². The topological polar surface area (TPSA) is 87.8 Å². The number of imidazole rings is 1. The lowest BCUT2D eigenvalue weighted by molar-refractivity contribution is -0.146. The molecule has 2 heterocycles. The van der Waals surface area contributed by atoms with Gasteiger partial charge in [-0.2, -0.15) is 13.2 Å². The quantitative estimate of drug-likeness (QED) is 0.851. The first kappa shape index (κ1) is 15.3. The number of alkyl halides is 3. The van der Waals surface area contributed by atoms with Gasteiger partial charge in [-0.05, 0) is 13.0 Å². The molecule has 2 aromatic heterocycles. The first-order valence-corrected chi connectivity index (χ1v) is 6.13. The van der Waals surface area contributed by atoms with E-state index in [-0.39, 0.29) is 24.3 Å². The Morgan fingerprint density at radius 1 is 1.19 bits per heavy atom. The van der Waals surface area contributed by atoms with E-state index in [2.05, 4.69) is 4.98 Å². The Hall–Kier alpha value is -2.10. The monoisotopic (exact) mass is 305 g/mol. The summed E-state index contributed by atoms with van der Waals surface area (Å²) < 4.78 is 41.0. The van der Waals surface area contributed by atoms with Crippen LogP contribution in [0.2, 0.25) is 0 Å². The van der Waals surface area contributed by atoms with Crippen molar-refractivity contribution in [2.75, 3.05) is 6.54 Å². The van der Waals surface area contributed by atoms with E-state index in [1.165, 1.54) is 7.05 Å². The van der Waals surface area contributed by atoms with E-state index in [0.717, 1.165) is 16.2 Å². The van der Waals surface area contributed by atoms with Gasteiger partial charge in [-0.25, -0.2) is 9.78 Å². The molecule has 7 nitrogen and oxygen atoms in total. The minimum Gasteiger partial charge on any atom is -0.330 e. The van der Waals surface area contributed by atoms with Crippen molar-refractivity contribution < 1.29 is 13.2 Å². The first-order valence-electron chi connectivity index (χ1n) is 6.13. The van der Waals surface area contributed by atoms with Gasteiger partial charge in [0.25, 0.3) is 5.56 Å². The number of rotatable bonds is 3. The van der Waals surface area contributed by atoms with Gasteiger partial charge < -0.3 is 10.3 Å². The fourth-order valence-corrected chi connectivity index (χ4v) is 2.14. The van der Waals surface area contributed by atoms with Crippen LogP contribution < -0.4 is 17.0 Å². The molecule has 0 amide bonds. The maximum absolute atomic E-state index is 12.9. The molecule has 0 aliphatic heterocycles. The van der Waals surface area contributed by atoms with Crippen molar-refractivity contribution in [3.05, 3.63) is 26.7 Å². The molecule has 0 unspecified atom stereocenters. The molecule has 0 aromatic carbocycles. The van der Waals surface area contributed by atoms with Gasteiger partial charge in [-0.3, -0.25) is 13.9 Å². The number of hydrogen-bond donors (Lipinski definition) is 1. The van der Waals surface area contributed by atoms with Crippen molar-refractivity contribution in [2.45, 2.75) is 19.1 Å². The average molecular weight is 305 g/mol. The molecular formula is C11H14F3N5O2. The van der Waals surface area contributed by atoms with Crippen LogP contribution >= 0.6 is 0 Å². The van der Waals surface area contributed by atoms with E-state index in [0.29, 0.717) is 11.0 Å². The van der Waals surface area contributed by atoms with E-state index < -0.39 is 23.2 Å². The molecule has 2 aromatic rings. The molecule has 0 atom stereocenters. The molecule has 2 rings (SSSR count). The number of hydrogen-bond acceptors (Lipinski definition) is 4. The van der Waals surface area contributed by atoms with Gasteiger partial charge in [0.05, 0.1) is 0 Å². The second-order valence-corrected chi connectivity index (χ2v) is 4.61. The largest absolute Gasteiger partial charge is 0.449 e. The van der Waals surface area contributed by atoms with Crippen molar-refractivity contribution in [1.29, 1.82) is 0 Å². The van der Waals surface area contributed by atoms with Crippen molar-refractivity contribution in [1.82, 2.24) is 18.7 Å². The van der Waals surface area contributed by atoms with E-state index >= 15 is 0 Å². The maximum atomic E-state index is 12.9. The first-order chi connectivity index (χ1) is 9.70. The molecule has 116 valence electrons. The van der Waals surface area contributed by atoms with Crippen molar-refractivity contribution in [2.24, 2.45) is 19.8 Å². The van der Waals surface area contributed by atoms with Crippen LogP contribution in [-0.2, 0) is 26.8 Å². The van der Waals surface area contributed by atoms with E-state index in [9.17, 15) is 22.8 Å². The Balaban J connectivity index is 2.87. The van der Waals surface area contributed by atoms with Crippen molar-refractivity contribution in [3.8, 4) is 0 Å². The number of fused-ring (bicyclic) bond motifs is 1. The summed E-state index contributed by atoms with van der Waals surface area (Å²) in [7, 11) is 2.37. The summed E-state index contributed by atoms with van der Waals surface area (Å²) in [6, 6.07) is 0. The van der Waals surface area contributed by atoms with Gasteiger partial charge in [0.2, 0.25) is 5.82 Å². The molecule has 0 saturated heterocycles. The molecule has 21 heavy (non-hydrogen) atoms. The highest BCUT2D eigenvalue weighted by atomic mass is 19.4. The summed E-state index contributed by atoms with van der Waals surface area (Å²) >= 11 is 0. The third kappa shape index (κ3) is 2.35. The molecule has 10 heteroatoms. The third-order valence-electron chi connectivity index (χ3n) is 3.20. The molecule has 0 fully saturated rings. The predicted octanol–water partition coefficient (Wildman–Crippen LogP) is -0.199. The summed E-state index contributed by atoms with van der Waals surface area (Å²) in [4.78, 5) is 27.7. The molecule has 0 radical (unpaired) electrons. The number of nitrogens with two attached hydrogens (primary N) is 1. The van der Waals surface area contributed by atoms with Gasteiger partial charge in [-0.1, -0.05) is 0 Å². The molecule has 0 aliphatic carbocycles. The smallest absolute Gasteiger partial charge is 0.330 e. The highest BCUT2D eigenvalue weighted by Gasteiger charge is 2.38. The zero-order chi connectivity index (χ0) is 15.9. The van der Waals surface area contributed by atoms with Crippen molar-refractivity contribution in [3.63, 3.8) is 0 Å². The second kappa shape index (κ2) is 5.02. The fourth-order valence-electron chi connectivity index (χ4n) is 2.14. The molecule has 0 spiro atoms. The van der Waals surface area contributed by atoms with Crippen LogP contribution in [0.25, 0.3) is 11.2 Å². The number of aromatic nitrogens is 4. The third-order valence-corrected chi connectivity index (χ3v) is 3.20. The van der Waals surface area contributed by atoms with Crippen LogP contribution in [0.4, 0.5) is 13.2 Å². The number of aryl methyl sites for hydroxylation is 2. The molecular weight excluding hydrogens is 291 g/mol. The van der Waals surface area contributed by atoms with Gasteiger partial charge in [0.1, 0.15) is 0 Å². The lowest BCUT2D eigenvalue weighted by atomic mass is 10.4. The number of halogens is 3. The Bertz CT molecular complexity index is 799. The van der Waals surface area contributed by atoms with Gasteiger partial charge >= 0.3 is 11.9 Å². The van der Waals surface area contributed by atoms with Crippen LogP contribution in [0, 0.1) is 0 Å². The standard InChI is InChI=1S/C11H14F3N5O2/c1-17-6-7(16-9(17)11(12,13)14)18(2)10(21)19(8(6)20)5-3-4-15/h3-5,15H2,1-2H3. The normalized spacial score (nSPS) is 12.3. The lowest BCUT2D eigenvalue weighted by Gasteiger charge is -2.08. The van der Waals surface area contributed by atoms with Crippen LogP contribution in [0.3, 0.4) is 0 Å². The molecule has 2 N–H and O–H groups in total. The summed E-state index contributed by atoms with van der Waals surface area (Å²) in [5.41, 5.74) is 3.26. The van der Waals surface area contributed by atoms with Crippen LogP contribution in [-0.4, -0.2) is 25.2 Å². The van der Waals surface area contributed by atoms with E-state index in [4.69, 9.17) is 5.73 Å². The highest BCUT2D eigenvalue weighted by Crippen LogP contribution is 2.29. The minimum absolute atomic E-state index is 0.0461. The lowest BCUT2D eigenvalue weighted by Crippen LogP contribution is -2.40. The Morgan fingerprint density at radius 2 is 1.81 bits per heavy atom. The predicted molar refractivity (Wildman–Crippen MR) is 68.9 cm³/mol.